The maximum absolute atomic E-state index is 5.09. The Labute approximate surface area is 283 Å². The molecule has 0 spiro atoms. The van der Waals surface area contributed by atoms with Crippen molar-refractivity contribution in [2.75, 3.05) is 0 Å². The molecule has 0 radical (unpaired) electrons. The zero-order chi connectivity index (χ0) is 32.3. The molecular weight excluding hydrogens is 597 g/mol. The van der Waals surface area contributed by atoms with Crippen LogP contribution in [0.2, 0.25) is 0 Å². The fourth-order valence-corrected chi connectivity index (χ4v) is 7.62. The molecule has 49 heavy (non-hydrogen) atoms. The molecule has 4 nitrogen and oxygen atoms in total. The molecule has 2 aromatic heterocycles. The van der Waals surface area contributed by atoms with Crippen LogP contribution in [0.3, 0.4) is 0 Å². The van der Waals surface area contributed by atoms with Gasteiger partial charge in [0.1, 0.15) is 0 Å². The van der Waals surface area contributed by atoms with Gasteiger partial charge in [-0.15, -0.1) is 0 Å². The summed E-state index contributed by atoms with van der Waals surface area (Å²) in [5.74, 6) is 1.89. The van der Waals surface area contributed by atoms with Gasteiger partial charge < -0.3 is 0 Å². The number of benzene rings is 7. The van der Waals surface area contributed by atoms with E-state index >= 15 is 0 Å². The zero-order valence-electron chi connectivity index (χ0n) is 26.7. The van der Waals surface area contributed by atoms with Crippen LogP contribution in [0.1, 0.15) is 17.5 Å². The molecule has 0 N–H and O–H groups in total. The van der Waals surface area contributed by atoms with E-state index in [0.717, 1.165) is 45.8 Å². The van der Waals surface area contributed by atoms with Gasteiger partial charge in [-0.3, -0.25) is 4.57 Å². The van der Waals surface area contributed by atoms with Crippen LogP contribution in [0.15, 0.2) is 152 Å². The van der Waals surface area contributed by atoms with E-state index in [4.69, 9.17) is 15.0 Å². The van der Waals surface area contributed by atoms with Crippen LogP contribution >= 0.6 is 0 Å². The van der Waals surface area contributed by atoms with Crippen LogP contribution in [-0.4, -0.2) is 19.5 Å². The topological polar surface area (TPSA) is 43.6 Å². The highest BCUT2D eigenvalue weighted by Crippen LogP contribution is 2.40. The first kappa shape index (κ1) is 27.7. The average Bonchev–Trinajstić information content (AvgIpc) is 3.52. The van der Waals surface area contributed by atoms with E-state index in [9.17, 15) is 0 Å². The lowest BCUT2D eigenvalue weighted by Gasteiger charge is -2.18. The fraction of sp³-hybridized carbons (Fsp3) is 0.0444. The van der Waals surface area contributed by atoms with Crippen molar-refractivity contribution in [2.24, 2.45) is 0 Å². The number of rotatable bonds is 4. The first-order valence-corrected chi connectivity index (χ1v) is 16.8. The Balaban J connectivity index is 1.19. The quantitative estimate of drug-likeness (QED) is 0.183. The van der Waals surface area contributed by atoms with Crippen LogP contribution in [0.5, 0.6) is 0 Å². The second-order valence-electron chi connectivity index (χ2n) is 12.7. The molecule has 4 heteroatoms. The Kier molecular flexibility index (Phi) is 6.28. The summed E-state index contributed by atoms with van der Waals surface area (Å²) in [6.07, 6.45) is 6.81. The minimum atomic E-state index is 0.600. The van der Waals surface area contributed by atoms with Crippen molar-refractivity contribution >= 4 is 49.4 Å². The molecule has 1 aliphatic rings. The highest BCUT2D eigenvalue weighted by molar-refractivity contribution is 6.14. The lowest BCUT2D eigenvalue weighted by Crippen LogP contribution is -2.06. The fourth-order valence-electron chi connectivity index (χ4n) is 7.62. The molecule has 0 atom stereocenters. The summed E-state index contributed by atoms with van der Waals surface area (Å²) >= 11 is 0. The first-order valence-electron chi connectivity index (χ1n) is 16.8. The standard InChI is InChI=1S/C45H30N4/c1-3-13-29(14-4-1)43-46-44(30-15-5-2-6-16-30)48-45(47-43)49-41-22-12-11-21-38(41)40-28-32(24-26-42(40)49)31-23-25-37-35-19-8-7-17-33(35)34-18-9-10-20-36(34)39(37)27-31/h1-8,10-17,19-28H,9,18H2. The predicted molar refractivity (Wildman–Crippen MR) is 203 cm³/mol. The number of fused-ring (bicyclic) bond motifs is 9. The Morgan fingerprint density at radius 2 is 1.00 bits per heavy atom. The van der Waals surface area contributed by atoms with Crippen molar-refractivity contribution in [3.8, 4) is 39.9 Å². The molecule has 0 unspecified atom stereocenters. The minimum absolute atomic E-state index is 0.600. The van der Waals surface area contributed by atoms with Crippen LogP contribution in [0.4, 0.5) is 0 Å². The van der Waals surface area contributed by atoms with Gasteiger partial charge in [-0.1, -0.05) is 133 Å². The third-order valence-corrected chi connectivity index (χ3v) is 9.92. The maximum atomic E-state index is 5.09. The number of aromatic nitrogens is 4. The van der Waals surface area contributed by atoms with Crippen molar-refractivity contribution in [3.63, 3.8) is 0 Å². The Hall–Kier alpha value is -6.39. The van der Waals surface area contributed by atoms with Gasteiger partial charge in [0.25, 0.3) is 0 Å². The molecule has 0 saturated carbocycles. The molecule has 1 aliphatic carbocycles. The van der Waals surface area contributed by atoms with E-state index in [1.54, 1.807) is 0 Å². The Morgan fingerprint density at radius 3 is 1.73 bits per heavy atom. The number of allylic oxidation sites excluding steroid dienone is 1. The van der Waals surface area contributed by atoms with E-state index in [0.29, 0.717) is 17.6 Å². The van der Waals surface area contributed by atoms with Crippen LogP contribution < -0.4 is 0 Å². The summed E-state index contributed by atoms with van der Waals surface area (Å²) in [6, 6.07) is 51.5. The summed E-state index contributed by atoms with van der Waals surface area (Å²) in [5, 5.41) is 7.66. The average molecular weight is 627 g/mol. The summed E-state index contributed by atoms with van der Waals surface area (Å²) < 4.78 is 2.18. The Bertz CT molecular complexity index is 2700. The van der Waals surface area contributed by atoms with Gasteiger partial charge in [0.15, 0.2) is 11.6 Å². The maximum Gasteiger partial charge on any atom is 0.238 e. The van der Waals surface area contributed by atoms with E-state index < -0.39 is 0 Å². The lowest BCUT2D eigenvalue weighted by atomic mass is 9.85. The van der Waals surface area contributed by atoms with Gasteiger partial charge >= 0.3 is 0 Å². The van der Waals surface area contributed by atoms with E-state index in [2.05, 4.69) is 102 Å². The SMILES string of the molecule is C1=Cc2c(c3ccccc3c3ccc(-c4ccc5c(c4)c4ccccc4n5-c4nc(-c5ccccc5)nc(-c5ccccc5)n4)cc23)CC1. The molecule has 0 amide bonds. The summed E-state index contributed by atoms with van der Waals surface area (Å²) in [5.41, 5.74) is 9.23. The summed E-state index contributed by atoms with van der Waals surface area (Å²) in [4.78, 5) is 15.1. The number of para-hydroxylation sites is 1. The number of aryl methyl sites for hydroxylation is 1. The first-order chi connectivity index (χ1) is 24.3. The number of nitrogens with zero attached hydrogens (tertiary/aromatic N) is 4. The van der Waals surface area contributed by atoms with E-state index in [1.807, 2.05) is 60.7 Å². The summed E-state index contributed by atoms with van der Waals surface area (Å²) in [7, 11) is 0. The minimum Gasteiger partial charge on any atom is -0.278 e. The molecular formula is C45H30N4. The van der Waals surface area contributed by atoms with Crippen molar-refractivity contribution in [3.05, 3.63) is 163 Å². The van der Waals surface area contributed by atoms with Gasteiger partial charge in [-0.25, -0.2) is 4.98 Å². The van der Waals surface area contributed by atoms with E-state index in [1.165, 1.54) is 43.8 Å². The molecule has 0 aliphatic heterocycles. The van der Waals surface area contributed by atoms with Gasteiger partial charge in [-0.05, 0) is 80.9 Å². The van der Waals surface area contributed by atoms with Crippen LogP contribution in [0.25, 0.3) is 89.3 Å². The van der Waals surface area contributed by atoms with Crippen LogP contribution in [-0.2, 0) is 6.42 Å². The third kappa shape index (κ3) is 4.49. The van der Waals surface area contributed by atoms with E-state index in [-0.39, 0.29) is 0 Å². The van der Waals surface area contributed by atoms with Crippen molar-refractivity contribution in [1.82, 2.24) is 19.5 Å². The lowest BCUT2D eigenvalue weighted by molar-refractivity contribution is 0.953. The molecule has 2 heterocycles. The molecule has 0 bridgehead atoms. The van der Waals surface area contributed by atoms with Gasteiger partial charge in [0, 0.05) is 21.9 Å². The van der Waals surface area contributed by atoms with Gasteiger partial charge in [0.05, 0.1) is 11.0 Å². The van der Waals surface area contributed by atoms with Gasteiger partial charge in [-0.2, -0.15) is 9.97 Å². The second kappa shape index (κ2) is 11.1. The second-order valence-corrected chi connectivity index (χ2v) is 12.7. The van der Waals surface area contributed by atoms with Crippen LogP contribution in [0, 0.1) is 0 Å². The third-order valence-electron chi connectivity index (χ3n) is 9.92. The van der Waals surface area contributed by atoms with Crippen molar-refractivity contribution in [1.29, 1.82) is 0 Å². The number of hydrogen-bond donors (Lipinski definition) is 0. The predicted octanol–water partition coefficient (Wildman–Crippen LogP) is 11.2. The Morgan fingerprint density at radius 1 is 0.429 bits per heavy atom. The summed E-state index contributed by atoms with van der Waals surface area (Å²) in [6.45, 7) is 0. The largest absolute Gasteiger partial charge is 0.278 e. The molecule has 0 fully saturated rings. The molecule has 10 rings (SSSR count). The highest BCUT2D eigenvalue weighted by atomic mass is 15.2. The smallest absolute Gasteiger partial charge is 0.238 e. The highest BCUT2D eigenvalue weighted by Gasteiger charge is 2.19. The normalized spacial score (nSPS) is 12.7. The molecule has 0 saturated heterocycles. The zero-order valence-corrected chi connectivity index (χ0v) is 26.7. The molecule has 230 valence electrons. The molecule has 7 aromatic carbocycles. The number of hydrogen-bond acceptors (Lipinski definition) is 3. The van der Waals surface area contributed by atoms with Gasteiger partial charge in [0.2, 0.25) is 5.95 Å². The molecule has 9 aromatic rings. The monoisotopic (exact) mass is 626 g/mol. The van der Waals surface area contributed by atoms with Crippen molar-refractivity contribution in [2.45, 2.75) is 12.8 Å². The van der Waals surface area contributed by atoms with Crippen molar-refractivity contribution < 1.29 is 0 Å².